The molecule has 1 aliphatic rings. The van der Waals surface area contributed by atoms with E-state index < -0.39 is 0 Å². The minimum atomic E-state index is -0.245. The van der Waals surface area contributed by atoms with Gasteiger partial charge in [0.15, 0.2) is 0 Å². The Hall–Kier alpha value is -1.42. The highest BCUT2D eigenvalue weighted by Gasteiger charge is 2.28. The van der Waals surface area contributed by atoms with Crippen molar-refractivity contribution >= 4 is 5.91 Å². The molecular formula is C15H20FNO2. The Morgan fingerprint density at radius 3 is 2.42 bits per heavy atom. The average Bonchev–Trinajstić information content (AvgIpc) is 2.38. The zero-order valence-corrected chi connectivity index (χ0v) is 11.4. The van der Waals surface area contributed by atoms with Crippen LogP contribution in [0, 0.1) is 5.82 Å². The second kappa shape index (κ2) is 6.15. The average molecular weight is 265 g/mol. The fourth-order valence-electron chi connectivity index (χ4n) is 2.53. The Bertz CT molecular complexity index is 422. The number of carbonyl (C=O) groups excluding carboxylic acids is 1. The molecule has 1 aromatic carbocycles. The Morgan fingerprint density at radius 1 is 1.26 bits per heavy atom. The molecule has 3 nitrogen and oxygen atoms in total. The lowest BCUT2D eigenvalue weighted by atomic mass is 10.1. The van der Waals surface area contributed by atoms with Crippen LogP contribution in [0.25, 0.3) is 0 Å². The van der Waals surface area contributed by atoms with Gasteiger partial charge >= 0.3 is 0 Å². The van der Waals surface area contributed by atoms with Crippen LogP contribution in [0.15, 0.2) is 24.3 Å². The van der Waals surface area contributed by atoms with Crippen molar-refractivity contribution < 1.29 is 13.9 Å². The van der Waals surface area contributed by atoms with E-state index in [1.807, 2.05) is 18.7 Å². The molecule has 2 unspecified atom stereocenters. The minimum absolute atomic E-state index is 0.129. The van der Waals surface area contributed by atoms with Crippen molar-refractivity contribution in [2.45, 2.75) is 38.8 Å². The van der Waals surface area contributed by atoms with Gasteiger partial charge in [0.05, 0.1) is 25.3 Å². The van der Waals surface area contributed by atoms with E-state index in [0.717, 1.165) is 5.56 Å². The number of nitrogens with zero attached hydrogens (tertiary/aromatic N) is 1. The topological polar surface area (TPSA) is 29.5 Å². The summed E-state index contributed by atoms with van der Waals surface area (Å²) in [6, 6.07) is 6.58. The summed E-state index contributed by atoms with van der Waals surface area (Å²) in [5.74, 6) is -0.0990. The van der Waals surface area contributed by atoms with Gasteiger partial charge in [0.1, 0.15) is 5.82 Å². The number of benzene rings is 1. The summed E-state index contributed by atoms with van der Waals surface area (Å²) < 4.78 is 18.2. The van der Waals surface area contributed by atoms with E-state index in [9.17, 15) is 9.18 Å². The smallest absolute Gasteiger partial charge is 0.223 e. The van der Waals surface area contributed by atoms with Crippen molar-refractivity contribution in [1.82, 2.24) is 4.90 Å². The first-order chi connectivity index (χ1) is 9.08. The summed E-state index contributed by atoms with van der Waals surface area (Å²) in [6.45, 7) is 5.22. The van der Waals surface area contributed by atoms with Gasteiger partial charge in [-0.15, -0.1) is 0 Å². The van der Waals surface area contributed by atoms with E-state index >= 15 is 0 Å². The predicted molar refractivity (Wildman–Crippen MR) is 71.3 cm³/mol. The maximum Gasteiger partial charge on any atom is 0.223 e. The Morgan fingerprint density at radius 2 is 1.84 bits per heavy atom. The number of rotatable bonds is 3. The zero-order chi connectivity index (χ0) is 13.8. The zero-order valence-electron chi connectivity index (χ0n) is 11.4. The summed E-state index contributed by atoms with van der Waals surface area (Å²) in [5.41, 5.74) is 0.989. The minimum Gasteiger partial charge on any atom is -0.377 e. The summed E-state index contributed by atoms with van der Waals surface area (Å²) in [5, 5.41) is 0. The molecule has 2 atom stereocenters. The lowest BCUT2D eigenvalue weighted by molar-refractivity contribution is -0.144. The molecule has 1 saturated heterocycles. The highest BCUT2D eigenvalue weighted by atomic mass is 19.1. The van der Waals surface area contributed by atoms with Gasteiger partial charge < -0.3 is 9.64 Å². The van der Waals surface area contributed by atoms with Crippen molar-refractivity contribution in [2.75, 3.05) is 13.2 Å². The number of aryl methyl sites for hydroxylation is 1. The molecule has 0 bridgehead atoms. The molecule has 0 N–H and O–H groups in total. The molecule has 1 fully saturated rings. The number of hydrogen-bond acceptors (Lipinski definition) is 2. The number of amides is 1. The Balaban J connectivity index is 1.91. The predicted octanol–water partition coefficient (Wildman–Crippen LogP) is 2.39. The van der Waals surface area contributed by atoms with Crippen LogP contribution in [0.2, 0.25) is 0 Å². The highest BCUT2D eigenvalue weighted by molar-refractivity contribution is 5.77. The first-order valence-electron chi connectivity index (χ1n) is 6.71. The van der Waals surface area contributed by atoms with Crippen LogP contribution in [0.1, 0.15) is 25.8 Å². The van der Waals surface area contributed by atoms with Crippen LogP contribution in [0.4, 0.5) is 4.39 Å². The molecular weight excluding hydrogens is 245 g/mol. The normalized spacial score (nSPS) is 23.4. The number of halogens is 1. The SMILES string of the molecule is CC1COCC(C)N1C(=O)CCc1ccc(F)cc1. The lowest BCUT2D eigenvalue weighted by Gasteiger charge is -2.38. The molecule has 0 radical (unpaired) electrons. The van der Waals surface area contributed by atoms with Gasteiger partial charge in [0.25, 0.3) is 0 Å². The molecule has 2 rings (SSSR count). The van der Waals surface area contributed by atoms with Gasteiger partial charge in [0, 0.05) is 6.42 Å². The van der Waals surface area contributed by atoms with Gasteiger partial charge in [-0.3, -0.25) is 4.79 Å². The van der Waals surface area contributed by atoms with Crippen molar-refractivity contribution in [2.24, 2.45) is 0 Å². The van der Waals surface area contributed by atoms with E-state index in [-0.39, 0.29) is 23.8 Å². The molecule has 1 aromatic rings. The van der Waals surface area contributed by atoms with E-state index in [4.69, 9.17) is 4.74 Å². The molecule has 1 heterocycles. The number of carbonyl (C=O) groups is 1. The molecule has 1 amide bonds. The number of ether oxygens (including phenoxy) is 1. The maximum absolute atomic E-state index is 12.8. The largest absolute Gasteiger partial charge is 0.377 e. The summed E-state index contributed by atoms with van der Waals surface area (Å²) >= 11 is 0. The molecule has 0 spiro atoms. The molecule has 0 aromatic heterocycles. The number of morpholine rings is 1. The summed E-state index contributed by atoms with van der Waals surface area (Å²) in [7, 11) is 0. The van der Waals surface area contributed by atoms with Crippen molar-refractivity contribution in [3.8, 4) is 0 Å². The van der Waals surface area contributed by atoms with Gasteiger partial charge in [-0.2, -0.15) is 0 Å². The third kappa shape index (κ3) is 3.53. The Kier molecular flexibility index (Phi) is 4.53. The van der Waals surface area contributed by atoms with Crippen LogP contribution in [0.5, 0.6) is 0 Å². The van der Waals surface area contributed by atoms with E-state index in [1.54, 1.807) is 12.1 Å². The monoisotopic (exact) mass is 265 g/mol. The quantitative estimate of drug-likeness (QED) is 0.840. The molecule has 1 aliphatic heterocycles. The number of hydrogen-bond donors (Lipinski definition) is 0. The van der Waals surface area contributed by atoms with Crippen molar-refractivity contribution in [3.05, 3.63) is 35.6 Å². The van der Waals surface area contributed by atoms with Gasteiger partial charge in [0.2, 0.25) is 5.91 Å². The second-order valence-corrected chi connectivity index (χ2v) is 5.16. The fourth-order valence-corrected chi connectivity index (χ4v) is 2.53. The van der Waals surface area contributed by atoms with Crippen LogP contribution in [0.3, 0.4) is 0 Å². The van der Waals surface area contributed by atoms with Crippen LogP contribution >= 0.6 is 0 Å². The maximum atomic E-state index is 12.8. The molecule has 0 saturated carbocycles. The first kappa shape index (κ1) is 14.0. The van der Waals surface area contributed by atoms with Crippen LogP contribution in [-0.2, 0) is 16.0 Å². The van der Waals surface area contributed by atoms with Gasteiger partial charge in [-0.05, 0) is 38.0 Å². The Labute approximate surface area is 113 Å². The molecule has 0 aliphatic carbocycles. The molecule has 19 heavy (non-hydrogen) atoms. The lowest BCUT2D eigenvalue weighted by Crippen LogP contribution is -2.52. The standard InChI is InChI=1S/C15H20FNO2/c1-11-9-19-10-12(2)17(11)15(18)8-5-13-3-6-14(16)7-4-13/h3-4,6-7,11-12H,5,8-10H2,1-2H3. The first-order valence-corrected chi connectivity index (χ1v) is 6.71. The third-order valence-corrected chi connectivity index (χ3v) is 3.50. The third-order valence-electron chi connectivity index (χ3n) is 3.50. The van der Waals surface area contributed by atoms with Gasteiger partial charge in [-0.25, -0.2) is 4.39 Å². The van der Waals surface area contributed by atoms with E-state index in [1.165, 1.54) is 12.1 Å². The highest BCUT2D eigenvalue weighted by Crippen LogP contribution is 2.16. The molecule has 104 valence electrons. The van der Waals surface area contributed by atoms with E-state index in [2.05, 4.69) is 0 Å². The van der Waals surface area contributed by atoms with Crippen molar-refractivity contribution in [3.63, 3.8) is 0 Å². The van der Waals surface area contributed by atoms with Gasteiger partial charge in [-0.1, -0.05) is 12.1 Å². The van der Waals surface area contributed by atoms with Crippen LogP contribution in [-0.4, -0.2) is 36.1 Å². The summed E-state index contributed by atoms with van der Waals surface area (Å²) in [6.07, 6.45) is 1.11. The second-order valence-electron chi connectivity index (χ2n) is 5.16. The van der Waals surface area contributed by atoms with E-state index in [0.29, 0.717) is 26.1 Å². The summed E-state index contributed by atoms with van der Waals surface area (Å²) in [4.78, 5) is 14.2. The fraction of sp³-hybridized carbons (Fsp3) is 0.533. The molecule has 4 heteroatoms. The van der Waals surface area contributed by atoms with Crippen LogP contribution < -0.4 is 0 Å². The van der Waals surface area contributed by atoms with Crippen molar-refractivity contribution in [1.29, 1.82) is 0 Å².